The van der Waals surface area contributed by atoms with E-state index in [1.54, 1.807) is 0 Å². The molecule has 1 aromatic rings. The third kappa shape index (κ3) is 5.61. The van der Waals surface area contributed by atoms with Crippen molar-refractivity contribution in [3.8, 4) is 0 Å². The molecule has 0 aromatic heterocycles. The van der Waals surface area contributed by atoms with E-state index in [0.29, 0.717) is 19.1 Å². The zero-order chi connectivity index (χ0) is 15.0. The lowest BCUT2D eigenvalue weighted by Gasteiger charge is -2.20. The second kappa shape index (κ2) is 8.39. The molecule has 0 heterocycles. The molecule has 1 N–H and O–H groups in total. The van der Waals surface area contributed by atoms with Crippen LogP contribution in [0, 0.1) is 0 Å². The Labute approximate surface area is 123 Å². The number of hydrogen-bond donors (Lipinski definition) is 1. The summed E-state index contributed by atoms with van der Waals surface area (Å²) >= 11 is 0. The van der Waals surface area contributed by atoms with Crippen LogP contribution in [0.5, 0.6) is 0 Å². The summed E-state index contributed by atoms with van der Waals surface area (Å²) in [5, 5.41) is 3.50. The van der Waals surface area contributed by atoms with Gasteiger partial charge in [0.1, 0.15) is 0 Å². The van der Waals surface area contributed by atoms with Gasteiger partial charge in [-0.05, 0) is 24.9 Å². The first kappa shape index (κ1) is 17.1. The highest BCUT2D eigenvalue weighted by Crippen LogP contribution is 2.15. The third-order valence-electron chi connectivity index (χ3n) is 3.41. The van der Waals surface area contributed by atoms with Crippen LogP contribution in [0.15, 0.2) is 30.3 Å². The van der Waals surface area contributed by atoms with Crippen molar-refractivity contribution in [3.05, 3.63) is 35.9 Å². The Morgan fingerprint density at radius 2 is 1.85 bits per heavy atom. The maximum Gasteiger partial charge on any atom is 0.211 e. The van der Waals surface area contributed by atoms with E-state index in [2.05, 4.69) is 24.4 Å². The summed E-state index contributed by atoms with van der Waals surface area (Å²) in [4.78, 5) is 0. The van der Waals surface area contributed by atoms with E-state index in [4.69, 9.17) is 0 Å². The van der Waals surface area contributed by atoms with Crippen molar-refractivity contribution in [2.24, 2.45) is 0 Å². The van der Waals surface area contributed by atoms with Crippen LogP contribution < -0.4 is 5.32 Å². The Bertz CT molecular complexity index is 474. The zero-order valence-corrected chi connectivity index (χ0v) is 13.5. The summed E-state index contributed by atoms with van der Waals surface area (Å²) < 4.78 is 24.5. The topological polar surface area (TPSA) is 49.4 Å². The standard InChI is InChI=1S/C15H26N2O2S/c1-4-15(14-10-7-6-8-11-14)16-12-9-13-17(5-2)20(3,18)19/h6-8,10-11,15-16H,4-5,9,12-13H2,1-3H3. The molecule has 5 heteroatoms. The van der Waals surface area contributed by atoms with Crippen LogP contribution >= 0.6 is 0 Å². The number of rotatable bonds is 9. The van der Waals surface area contributed by atoms with Crippen molar-refractivity contribution >= 4 is 10.0 Å². The molecule has 1 rings (SSSR count). The van der Waals surface area contributed by atoms with Gasteiger partial charge in [0, 0.05) is 19.1 Å². The number of hydrogen-bond acceptors (Lipinski definition) is 3. The van der Waals surface area contributed by atoms with Gasteiger partial charge in [-0.1, -0.05) is 44.2 Å². The van der Waals surface area contributed by atoms with Crippen molar-refractivity contribution in [1.82, 2.24) is 9.62 Å². The van der Waals surface area contributed by atoms with Crippen molar-refractivity contribution in [2.75, 3.05) is 25.9 Å². The van der Waals surface area contributed by atoms with E-state index in [9.17, 15) is 8.42 Å². The summed E-state index contributed by atoms with van der Waals surface area (Å²) in [5.41, 5.74) is 1.28. The van der Waals surface area contributed by atoms with Gasteiger partial charge in [-0.15, -0.1) is 0 Å². The first-order valence-corrected chi connectivity index (χ1v) is 9.07. The van der Waals surface area contributed by atoms with Crippen molar-refractivity contribution < 1.29 is 8.42 Å². The number of sulfonamides is 1. The second-order valence-corrected chi connectivity index (χ2v) is 6.92. The van der Waals surface area contributed by atoms with Crippen molar-refractivity contribution in [1.29, 1.82) is 0 Å². The van der Waals surface area contributed by atoms with Crippen LogP contribution in [0.4, 0.5) is 0 Å². The molecule has 0 aliphatic carbocycles. The van der Waals surface area contributed by atoms with Crippen LogP contribution in [-0.4, -0.2) is 38.6 Å². The third-order valence-corrected chi connectivity index (χ3v) is 4.79. The number of nitrogens with one attached hydrogen (secondary N) is 1. The smallest absolute Gasteiger partial charge is 0.211 e. The van der Waals surface area contributed by atoms with Gasteiger partial charge in [0.15, 0.2) is 0 Å². The molecule has 0 bridgehead atoms. The lowest BCUT2D eigenvalue weighted by atomic mass is 10.0. The molecule has 0 fully saturated rings. The molecule has 0 amide bonds. The van der Waals surface area contributed by atoms with E-state index in [1.165, 1.54) is 16.1 Å². The van der Waals surface area contributed by atoms with Gasteiger partial charge in [0.2, 0.25) is 10.0 Å². The molecule has 0 spiro atoms. The minimum atomic E-state index is -3.07. The molecule has 0 saturated heterocycles. The predicted molar refractivity (Wildman–Crippen MR) is 84.2 cm³/mol. The van der Waals surface area contributed by atoms with Crippen LogP contribution in [0.2, 0.25) is 0 Å². The van der Waals surface area contributed by atoms with Crippen LogP contribution in [0.25, 0.3) is 0 Å². The molecular weight excluding hydrogens is 272 g/mol. The average molecular weight is 298 g/mol. The Kier molecular flexibility index (Phi) is 7.19. The second-order valence-electron chi connectivity index (χ2n) is 4.93. The molecule has 0 aliphatic rings. The fraction of sp³-hybridized carbons (Fsp3) is 0.600. The monoisotopic (exact) mass is 298 g/mol. The lowest BCUT2D eigenvalue weighted by molar-refractivity contribution is 0.409. The fourth-order valence-electron chi connectivity index (χ4n) is 2.27. The molecule has 0 aliphatic heterocycles. The fourth-order valence-corrected chi connectivity index (χ4v) is 3.20. The van der Waals surface area contributed by atoms with E-state index in [0.717, 1.165) is 19.4 Å². The maximum atomic E-state index is 11.5. The van der Waals surface area contributed by atoms with Gasteiger partial charge in [-0.2, -0.15) is 0 Å². The van der Waals surface area contributed by atoms with Gasteiger partial charge in [0.25, 0.3) is 0 Å². The molecule has 0 saturated carbocycles. The highest BCUT2D eigenvalue weighted by atomic mass is 32.2. The molecular formula is C15H26N2O2S. The Morgan fingerprint density at radius 1 is 1.20 bits per heavy atom. The highest BCUT2D eigenvalue weighted by molar-refractivity contribution is 7.88. The Hall–Kier alpha value is -0.910. The van der Waals surface area contributed by atoms with Crippen molar-refractivity contribution in [2.45, 2.75) is 32.7 Å². The summed E-state index contributed by atoms with van der Waals surface area (Å²) in [6, 6.07) is 10.7. The molecule has 1 atom stereocenters. The first-order chi connectivity index (χ1) is 9.49. The summed E-state index contributed by atoms with van der Waals surface area (Å²) in [6.45, 7) is 5.95. The van der Waals surface area contributed by atoms with E-state index in [1.807, 2.05) is 25.1 Å². The molecule has 4 nitrogen and oxygen atoms in total. The summed E-state index contributed by atoms with van der Waals surface area (Å²) in [7, 11) is -3.07. The summed E-state index contributed by atoms with van der Waals surface area (Å²) in [6.07, 6.45) is 3.11. The van der Waals surface area contributed by atoms with Crippen LogP contribution in [-0.2, 0) is 10.0 Å². The zero-order valence-electron chi connectivity index (χ0n) is 12.7. The van der Waals surface area contributed by atoms with Crippen LogP contribution in [0.1, 0.15) is 38.3 Å². The number of benzene rings is 1. The average Bonchev–Trinajstić information content (AvgIpc) is 2.42. The molecule has 20 heavy (non-hydrogen) atoms. The van der Waals surface area contributed by atoms with E-state index in [-0.39, 0.29) is 0 Å². The van der Waals surface area contributed by atoms with E-state index < -0.39 is 10.0 Å². The van der Waals surface area contributed by atoms with Crippen LogP contribution in [0.3, 0.4) is 0 Å². The van der Waals surface area contributed by atoms with Gasteiger partial charge < -0.3 is 5.32 Å². The van der Waals surface area contributed by atoms with Gasteiger partial charge in [-0.3, -0.25) is 0 Å². The Morgan fingerprint density at radius 3 is 2.35 bits per heavy atom. The van der Waals surface area contributed by atoms with Crippen molar-refractivity contribution in [3.63, 3.8) is 0 Å². The molecule has 0 radical (unpaired) electrons. The van der Waals surface area contributed by atoms with E-state index >= 15 is 0 Å². The number of nitrogens with zero attached hydrogens (tertiary/aromatic N) is 1. The van der Waals surface area contributed by atoms with Gasteiger partial charge in [0.05, 0.1) is 6.26 Å². The Balaban J connectivity index is 2.40. The molecule has 114 valence electrons. The normalized spacial score (nSPS) is 13.6. The van der Waals surface area contributed by atoms with Gasteiger partial charge >= 0.3 is 0 Å². The SMILES string of the molecule is CCC(NCCCN(CC)S(C)(=O)=O)c1ccccc1. The first-order valence-electron chi connectivity index (χ1n) is 7.22. The predicted octanol–water partition coefficient (Wildman–Crippen LogP) is 2.40. The minimum absolute atomic E-state index is 0.338. The van der Waals surface area contributed by atoms with Gasteiger partial charge in [-0.25, -0.2) is 12.7 Å². The lowest BCUT2D eigenvalue weighted by Crippen LogP contribution is -2.33. The largest absolute Gasteiger partial charge is 0.310 e. The molecule has 1 unspecified atom stereocenters. The maximum absolute atomic E-state index is 11.5. The summed E-state index contributed by atoms with van der Waals surface area (Å²) in [5.74, 6) is 0. The highest BCUT2D eigenvalue weighted by Gasteiger charge is 2.14. The molecule has 1 aromatic carbocycles. The minimum Gasteiger partial charge on any atom is -0.310 e. The quantitative estimate of drug-likeness (QED) is 0.712.